The van der Waals surface area contributed by atoms with E-state index in [4.69, 9.17) is 0 Å². The van der Waals surface area contributed by atoms with Crippen molar-refractivity contribution >= 4 is 5.96 Å². The van der Waals surface area contributed by atoms with Crippen molar-refractivity contribution in [2.45, 2.75) is 75.6 Å². The van der Waals surface area contributed by atoms with Crippen LogP contribution in [0.1, 0.15) is 57.8 Å². The van der Waals surface area contributed by atoms with Gasteiger partial charge in [-0.15, -0.1) is 0 Å². The Balaban J connectivity index is 1.75. The average molecular weight is 335 g/mol. The molecule has 0 saturated heterocycles. The first-order valence-corrected chi connectivity index (χ1v) is 8.59. The van der Waals surface area contributed by atoms with Gasteiger partial charge in [0.05, 0.1) is 11.5 Å². The van der Waals surface area contributed by atoms with Gasteiger partial charge in [-0.05, 0) is 38.5 Å². The van der Waals surface area contributed by atoms with E-state index in [2.05, 4.69) is 15.6 Å². The van der Waals surface area contributed by atoms with Gasteiger partial charge >= 0.3 is 6.18 Å². The highest BCUT2D eigenvalue weighted by Gasteiger charge is 2.41. The summed E-state index contributed by atoms with van der Waals surface area (Å²) in [6, 6.07) is 0.0146. The molecule has 23 heavy (non-hydrogen) atoms. The molecule has 0 atom stereocenters. The van der Waals surface area contributed by atoms with Gasteiger partial charge in [0.2, 0.25) is 0 Å². The molecule has 134 valence electrons. The van der Waals surface area contributed by atoms with Crippen LogP contribution in [0.5, 0.6) is 0 Å². The van der Waals surface area contributed by atoms with Gasteiger partial charge in [-0.2, -0.15) is 13.2 Å². The van der Waals surface area contributed by atoms with Crippen LogP contribution in [0.3, 0.4) is 0 Å². The van der Waals surface area contributed by atoms with Gasteiger partial charge in [-0.25, -0.2) is 0 Å². The standard InChI is InChI=1S/C16H28F3N3O/c1-20-14(21-11-15(23)9-3-2-4-10-15)22-13-7-5-12(6-8-13)16(17,18)19/h12-13,23H,2-11H2,1H3,(H2,20,21,22). The van der Waals surface area contributed by atoms with Crippen LogP contribution in [0, 0.1) is 5.92 Å². The van der Waals surface area contributed by atoms with Crippen molar-refractivity contribution in [3.8, 4) is 0 Å². The summed E-state index contributed by atoms with van der Waals surface area (Å²) >= 11 is 0. The Kier molecular flexibility index (Phi) is 6.17. The van der Waals surface area contributed by atoms with Crippen LogP contribution in [0.15, 0.2) is 4.99 Å². The summed E-state index contributed by atoms with van der Waals surface area (Å²) in [5.74, 6) is -0.599. The van der Waals surface area contributed by atoms with E-state index >= 15 is 0 Å². The van der Waals surface area contributed by atoms with E-state index in [1.807, 2.05) is 0 Å². The van der Waals surface area contributed by atoms with Gasteiger partial charge in [0.25, 0.3) is 0 Å². The predicted molar refractivity (Wildman–Crippen MR) is 84.3 cm³/mol. The number of hydrogen-bond donors (Lipinski definition) is 3. The number of alkyl halides is 3. The minimum atomic E-state index is -4.07. The van der Waals surface area contributed by atoms with Crippen molar-refractivity contribution in [1.82, 2.24) is 10.6 Å². The van der Waals surface area contributed by atoms with Crippen LogP contribution in [-0.4, -0.2) is 42.5 Å². The van der Waals surface area contributed by atoms with E-state index in [-0.39, 0.29) is 18.9 Å². The van der Waals surface area contributed by atoms with Crippen molar-refractivity contribution < 1.29 is 18.3 Å². The van der Waals surface area contributed by atoms with Crippen LogP contribution in [0.4, 0.5) is 13.2 Å². The van der Waals surface area contributed by atoms with Crippen LogP contribution >= 0.6 is 0 Å². The number of hydrogen-bond acceptors (Lipinski definition) is 2. The predicted octanol–water partition coefficient (Wildman–Crippen LogP) is 2.97. The number of nitrogens with one attached hydrogen (secondary N) is 2. The fraction of sp³-hybridized carbons (Fsp3) is 0.938. The summed E-state index contributed by atoms with van der Waals surface area (Å²) in [5.41, 5.74) is -0.691. The molecule has 2 saturated carbocycles. The van der Waals surface area contributed by atoms with Crippen molar-refractivity contribution in [2.24, 2.45) is 10.9 Å². The second kappa shape index (κ2) is 7.73. The van der Waals surface area contributed by atoms with Crippen molar-refractivity contribution in [2.75, 3.05) is 13.6 Å². The number of aliphatic hydroxyl groups is 1. The number of rotatable bonds is 3. The summed E-state index contributed by atoms with van der Waals surface area (Å²) in [5, 5.41) is 16.8. The van der Waals surface area contributed by atoms with Crippen molar-refractivity contribution in [3.05, 3.63) is 0 Å². The Bertz CT molecular complexity index is 398. The van der Waals surface area contributed by atoms with Gasteiger partial charge in [-0.3, -0.25) is 4.99 Å². The number of halogens is 3. The van der Waals surface area contributed by atoms with Crippen LogP contribution in [0.25, 0.3) is 0 Å². The maximum atomic E-state index is 12.7. The van der Waals surface area contributed by atoms with E-state index in [9.17, 15) is 18.3 Å². The molecule has 2 fully saturated rings. The lowest BCUT2D eigenvalue weighted by molar-refractivity contribution is -0.182. The van der Waals surface area contributed by atoms with Crippen molar-refractivity contribution in [3.63, 3.8) is 0 Å². The molecule has 0 aromatic heterocycles. The summed E-state index contributed by atoms with van der Waals surface area (Å²) in [7, 11) is 1.64. The minimum Gasteiger partial charge on any atom is -0.388 e. The third-order valence-electron chi connectivity index (χ3n) is 5.12. The maximum Gasteiger partial charge on any atom is 0.391 e. The number of guanidine groups is 1. The quantitative estimate of drug-likeness (QED) is 0.549. The molecule has 0 amide bonds. The van der Waals surface area contributed by atoms with Gasteiger partial charge in [0, 0.05) is 19.6 Å². The first-order chi connectivity index (χ1) is 10.8. The second-order valence-corrected chi connectivity index (χ2v) is 6.95. The molecular formula is C16H28F3N3O. The summed E-state index contributed by atoms with van der Waals surface area (Å²) in [6.07, 6.45) is 2.06. The first kappa shape index (κ1) is 18.4. The molecule has 0 bridgehead atoms. The Morgan fingerprint density at radius 3 is 2.26 bits per heavy atom. The molecule has 7 heteroatoms. The van der Waals surface area contributed by atoms with Gasteiger partial charge in [0.15, 0.2) is 5.96 Å². The molecule has 0 radical (unpaired) electrons. The third kappa shape index (κ3) is 5.55. The number of nitrogens with zero attached hydrogens (tertiary/aromatic N) is 1. The highest BCUT2D eigenvalue weighted by molar-refractivity contribution is 5.80. The summed E-state index contributed by atoms with van der Waals surface area (Å²) < 4.78 is 38.0. The molecule has 2 rings (SSSR count). The fourth-order valence-electron chi connectivity index (χ4n) is 3.59. The largest absolute Gasteiger partial charge is 0.391 e. The molecule has 2 aliphatic rings. The zero-order chi connectivity index (χ0) is 16.9. The molecule has 0 unspecified atom stereocenters. The average Bonchev–Trinajstić information content (AvgIpc) is 2.52. The number of aliphatic imine (C=N–C) groups is 1. The van der Waals surface area contributed by atoms with E-state index in [1.54, 1.807) is 7.05 Å². The normalized spacial score (nSPS) is 29.2. The molecule has 0 aromatic carbocycles. The Labute approximate surface area is 135 Å². The molecule has 4 nitrogen and oxygen atoms in total. The van der Waals surface area contributed by atoms with Crippen molar-refractivity contribution in [1.29, 1.82) is 0 Å². The topological polar surface area (TPSA) is 56.7 Å². The Hall–Kier alpha value is -0.980. The molecule has 3 N–H and O–H groups in total. The smallest absolute Gasteiger partial charge is 0.388 e. The lowest BCUT2D eigenvalue weighted by Gasteiger charge is -2.34. The molecule has 0 aliphatic heterocycles. The Morgan fingerprint density at radius 1 is 1.13 bits per heavy atom. The third-order valence-corrected chi connectivity index (χ3v) is 5.12. The molecule has 0 heterocycles. The molecule has 0 aromatic rings. The van der Waals surface area contributed by atoms with Gasteiger partial charge < -0.3 is 15.7 Å². The van der Waals surface area contributed by atoms with Crippen LogP contribution in [0.2, 0.25) is 0 Å². The minimum absolute atomic E-state index is 0.0146. The van der Waals surface area contributed by atoms with Gasteiger partial charge in [-0.1, -0.05) is 19.3 Å². The first-order valence-electron chi connectivity index (χ1n) is 8.59. The van der Waals surface area contributed by atoms with Crippen LogP contribution in [-0.2, 0) is 0 Å². The second-order valence-electron chi connectivity index (χ2n) is 6.95. The maximum absolute atomic E-state index is 12.7. The molecule has 0 spiro atoms. The fourth-order valence-corrected chi connectivity index (χ4v) is 3.59. The van der Waals surface area contributed by atoms with E-state index in [0.29, 0.717) is 25.3 Å². The summed E-state index contributed by atoms with van der Waals surface area (Å²) in [4.78, 5) is 4.13. The Morgan fingerprint density at radius 2 is 1.74 bits per heavy atom. The highest BCUT2D eigenvalue weighted by Crippen LogP contribution is 2.37. The zero-order valence-electron chi connectivity index (χ0n) is 13.8. The van der Waals surface area contributed by atoms with Crippen LogP contribution < -0.4 is 10.6 Å². The molecular weight excluding hydrogens is 307 g/mol. The lowest BCUT2D eigenvalue weighted by atomic mass is 9.85. The van der Waals surface area contributed by atoms with Gasteiger partial charge in [0.1, 0.15) is 0 Å². The monoisotopic (exact) mass is 335 g/mol. The highest BCUT2D eigenvalue weighted by atomic mass is 19.4. The van der Waals surface area contributed by atoms with E-state index in [0.717, 1.165) is 32.1 Å². The molecule has 2 aliphatic carbocycles. The lowest BCUT2D eigenvalue weighted by Crippen LogP contribution is -2.51. The zero-order valence-corrected chi connectivity index (χ0v) is 13.8. The van der Waals surface area contributed by atoms with E-state index < -0.39 is 17.7 Å². The SMILES string of the molecule is CN=C(NCC1(O)CCCCC1)NC1CCC(C(F)(F)F)CC1. The van der Waals surface area contributed by atoms with E-state index in [1.165, 1.54) is 0 Å². The summed E-state index contributed by atoms with van der Waals surface area (Å²) in [6.45, 7) is 0.435.